The highest BCUT2D eigenvalue weighted by molar-refractivity contribution is 7.53. The molecule has 1 aliphatic rings. The van der Waals surface area contributed by atoms with E-state index in [9.17, 15) is 27.6 Å². The molecule has 0 spiro atoms. The first-order valence-corrected chi connectivity index (χ1v) is 17.5. The molecule has 17 heteroatoms. The molecule has 5 rings (SSSR count). The molecule has 3 N–H and O–H groups in total. The zero-order chi connectivity index (χ0) is 36.4. The molecule has 13 nitrogen and oxygen atoms in total. The SMILES string of the molecule is CCOP(=O)(Cc1ccc(Nc2ncc(C(F)(F)F)c(Nc3ccc(-c4cnn(CC(C)(C)O)c4)c4c3C(=O)N(C)C4)n2)c(OC)c1)OCC. The molecule has 0 fully saturated rings. The van der Waals surface area contributed by atoms with Crippen LogP contribution in [-0.2, 0) is 39.0 Å². The maximum Gasteiger partial charge on any atom is 0.421 e. The summed E-state index contributed by atoms with van der Waals surface area (Å²) in [6.07, 6.45) is -0.840. The number of methoxy groups -OCH3 is 1. The molecule has 0 bridgehead atoms. The molecule has 268 valence electrons. The summed E-state index contributed by atoms with van der Waals surface area (Å²) in [4.78, 5) is 22.9. The maximum atomic E-state index is 14.2. The van der Waals surface area contributed by atoms with E-state index in [1.807, 2.05) is 0 Å². The van der Waals surface area contributed by atoms with Gasteiger partial charge in [-0.15, -0.1) is 0 Å². The lowest BCUT2D eigenvalue weighted by molar-refractivity contribution is -0.137. The number of fused-ring (bicyclic) bond motifs is 1. The molecule has 1 aliphatic heterocycles. The van der Waals surface area contributed by atoms with E-state index < -0.39 is 30.8 Å². The van der Waals surface area contributed by atoms with Crippen LogP contribution >= 0.6 is 7.60 Å². The fraction of sp³-hybridized carbons (Fsp3) is 0.394. The Bertz CT molecular complexity index is 1920. The van der Waals surface area contributed by atoms with Crippen LogP contribution in [0.1, 0.15) is 54.7 Å². The van der Waals surface area contributed by atoms with Crippen molar-refractivity contribution in [3.63, 3.8) is 0 Å². The van der Waals surface area contributed by atoms with Crippen LogP contribution < -0.4 is 15.4 Å². The number of benzene rings is 2. The van der Waals surface area contributed by atoms with Gasteiger partial charge in [-0.1, -0.05) is 12.1 Å². The van der Waals surface area contributed by atoms with Gasteiger partial charge in [0.2, 0.25) is 5.95 Å². The monoisotopic (exact) mass is 717 g/mol. The Morgan fingerprint density at radius 2 is 1.74 bits per heavy atom. The molecule has 2 aromatic carbocycles. The third-order valence-electron chi connectivity index (χ3n) is 7.65. The first-order valence-electron chi connectivity index (χ1n) is 15.7. The van der Waals surface area contributed by atoms with Gasteiger partial charge in [-0.3, -0.25) is 14.0 Å². The Morgan fingerprint density at radius 1 is 1.04 bits per heavy atom. The van der Waals surface area contributed by atoms with Crippen molar-refractivity contribution in [2.75, 3.05) is 38.0 Å². The minimum atomic E-state index is -4.83. The number of halogens is 3. The van der Waals surface area contributed by atoms with Gasteiger partial charge in [0, 0.05) is 31.5 Å². The number of ether oxygens (including phenoxy) is 1. The van der Waals surface area contributed by atoms with Crippen molar-refractivity contribution < 1.29 is 41.4 Å². The zero-order valence-corrected chi connectivity index (χ0v) is 29.4. The van der Waals surface area contributed by atoms with E-state index in [-0.39, 0.29) is 61.3 Å². The number of hydrogen-bond donors (Lipinski definition) is 3. The summed E-state index contributed by atoms with van der Waals surface area (Å²) in [7, 11) is -0.400. The molecule has 0 atom stereocenters. The molecule has 0 saturated carbocycles. The van der Waals surface area contributed by atoms with Gasteiger partial charge >= 0.3 is 13.8 Å². The standard InChI is InChI=1S/C33H39F3N7O6P/c1-7-48-50(46,49-8-2)18-20-9-11-25(27(13-20)47-6)40-31-37-15-24(33(34,35)36)29(41-31)39-26-12-10-22(23-17-42(5)30(44)28(23)26)21-14-38-43(16-21)19-32(3,4)45/h9-16,45H,7-8,17-19H2,1-6H3,(H2,37,39,40,41). The number of hydrogen-bond acceptors (Lipinski definition) is 11. The molecule has 3 heterocycles. The smallest absolute Gasteiger partial charge is 0.421 e. The molecule has 1 amide bonds. The summed E-state index contributed by atoms with van der Waals surface area (Å²) < 4.78 is 73.6. The van der Waals surface area contributed by atoms with Crippen LogP contribution in [0.15, 0.2) is 48.9 Å². The third-order valence-corrected chi connectivity index (χ3v) is 9.71. The lowest BCUT2D eigenvalue weighted by Gasteiger charge is -2.19. The topological polar surface area (TPSA) is 153 Å². The van der Waals surface area contributed by atoms with Gasteiger partial charge in [0.1, 0.15) is 17.1 Å². The molecule has 2 aromatic heterocycles. The Balaban J connectivity index is 1.48. The predicted octanol–water partition coefficient (Wildman–Crippen LogP) is 6.98. The third kappa shape index (κ3) is 8.27. The number of anilines is 4. The quantitative estimate of drug-likeness (QED) is 0.116. The minimum Gasteiger partial charge on any atom is -0.495 e. The van der Waals surface area contributed by atoms with Crippen LogP contribution in [0.4, 0.5) is 36.3 Å². The van der Waals surface area contributed by atoms with Crippen LogP contribution in [-0.4, -0.2) is 68.6 Å². The first kappa shape index (κ1) is 36.8. The molecule has 0 radical (unpaired) electrons. The van der Waals surface area contributed by atoms with Crippen molar-refractivity contribution in [1.82, 2.24) is 24.6 Å². The largest absolute Gasteiger partial charge is 0.495 e. The molecule has 0 saturated heterocycles. The molecule has 0 aliphatic carbocycles. The van der Waals surface area contributed by atoms with Crippen LogP contribution in [0.5, 0.6) is 5.75 Å². The number of carbonyl (C=O) groups excluding carboxylic acids is 1. The summed E-state index contributed by atoms with van der Waals surface area (Å²) in [5.74, 6) is -0.850. The van der Waals surface area contributed by atoms with Crippen molar-refractivity contribution >= 4 is 36.6 Å². The Hall–Kier alpha value is -4.50. The van der Waals surface area contributed by atoms with E-state index in [2.05, 4.69) is 25.7 Å². The highest BCUT2D eigenvalue weighted by Gasteiger charge is 2.37. The Labute approximate surface area is 287 Å². The zero-order valence-electron chi connectivity index (χ0n) is 28.5. The summed E-state index contributed by atoms with van der Waals surface area (Å²) in [5.41, 5.74) is 1.07. The van der Waals surface area contributed by atoms with Gasteiger partial charge in [-0.05, 0) is 62.6 Å². The lowest BCUT2D eigenvalue weighted by Crippen LogP contribution is -2.26. The normalized spacial score (nSPS) is 13.5. The van der Waals surface area contributed by atoms with Crippen molar-refractivity contribution in [1.29, 1.82) is 0 Å². The van der Waals surface area contributed by atoms with E-state index in [4.69, 9.17) is 13.8 Å². The molecular formula is C33H39F3N7O6P. The molecule has 50 heavy (non-hydrogen) atoms. The molecule has 4 aromatic rings. The van der Waals surface area contributed by atoms with Gasteiger partial charge in [0.15, 0.2) is 0 Å². The summed E-state index contributed by atoms with van der Waals surface area (Å²) in [6.45, 7) is 7.59. The van der Waals surface area contributed by atoms with Crippen molar-refractivity contribution in [2.45, 2.75) is 58.7 Å². The van der Waals surface area contributed by atoms with Crippen molar-refractivity contribution in [3.05, 3.63) is 71.2 Å². The van der Waals surface area contributed by atoms with Crippen molar-refractivity contribution in [3.8, 4) is 16.9 Å². The molecular weight excluding hydrogens is 678 g/mol. The average molecular weight is 718 g/mol. The van der Waals surface area contributed by atoms with Crippen LogP contribution in [0, 0.1) is 0 Å². The average Bonchev–Trinajstić information content (AvgIpc) is 3.60. The number of alkyl halides is 3. The summed E-state index contributed by atoms with van der Waals surface area (Å²) >= 11 is 0. The number of nitrogens with zero attached hydrogens (tertiary/aromatic N) is 5. The summed E-state index contributed by atoms with van der Waals surface area (Å²) in [5, 5.41) is 20.2. The van der Waals surface area contributed by atoms with E-state index in [1.54, 1.807) is 76.1 Å². The van der Waals surface area contributed by atoms with Gasteiger partial charge < -0.3 is 34.4 Å². The fourth-order valence-corrected chi connectivity index (χ4v) is 7.28. The first-order chi connectivity index (χ1) is 23.5. The maximum absolute atomic E-state index is 14.2. The number of carbonyl (C=O) groups is 1. The predicted molar refractivity (Wildman–Crippen MR) is 181 cm³/mol. The van der Waals surface area contributed by atoms with Crippen LogP contribution in [0.25, 0.3) is 11.1 Å². The molecule has 0 unspecified atom stereocenters. The Morgan fingerprint density at radius 3 is 2.38 bits per heavy atom. The van der Waals surface area contributed by atoms with Crippen LogP contribution in [0.3, 0.4) is 0 Å². The van der Waals surface area contributed by atoms with E-state index >= 15 is 0 Å². The van der Waals surface area contributed by atoms with Gasteiger partial charge in [0.25, 0.3) is 5.91 Å². The second-order valence-corrected chi connectivity index (χ2v) is 14.3. The number of aromatic nitrogens is 4. The highest BCUT2D eigenvalue weighted by atomic mass is 31.2. The van der Waals surface area contributed by atoms with Gasteiger partial charge in [-0.2, -0.15) is 23.3 Å². The van der Waals surface area contributed by atoms with Crippen molar-refractivity contribution in [2.24, 2.45) is 0 Å². The second kappa shape index (κ2) is 14.4. The van der Waals surface area contributed by atoms with E-state index in [1.165, 1.54) is 18.1 Å². The summed E-state index contributed by atoms with van der Waals surface area (Å²) in [6, 6.07) is 8.08. The highest BCUT2D eigenvalue weighted by Crippen LogP contribution is 2.52. The van der Waals surface area contributed by atoms with Crippen LogP contribution in [0.2, 0.25) is 0 Å². The van der Waals surface area contributed by atoms with E-state index in [0.717, 1.165) is 0 Å². The fourth-order valence-electron chi connectivity index (χ4n) is 5.59. The van der Waals surface area contributed by atoms with Gasteiger partial charge in [0.05, 0.1) is 61.8 Å². The minimum absolute atomic E-state index is 0.0175. The number of aliphatic hydroxyl groups is 1. The van der Waals surface area contributed by atoms with Gasteiger partial charge in [-0.25, -0.2) is 4.98 Å². The Kier molecular flexibility index (Phi) is 10.6. The number of rotatable bonds is 14. The number of amides is 1. The lowest BCUT2D eigenvalue weighted by atomic mass is 9.97. The second-order valence-electron chi connectivity index (χ2n) is 12.3. The number of nitrogens with one attached hydrogen (secondary N) is 2. The van der Waals surface area contributed by atoms with E-state index in [0.29, 0.717) is 34.1 Å².